The summed E-state index contributed by atoms with van der Waals surface area (Å²) in [6.07, 6.45) is 0. The van der Waals surface area contributed by atoms with Gasteiger partial charge >= 0.3 is 11.9 Å². The van der Waals surface area contributed by atoms with Crippen molar-refractivity contribution >= 4 is 17.6 Å². The first kappa shape index (κ1) is 16.3. The Morgan fingerprint density at radius 3 is 2.45 bits per heavy atom. The Morgan fingerprint density at radius 1 is 1.27 bits per heavy atom. The van der Waals surface area contributed by atoms with Gasteiger partial charge in [-0.05, 0) is 45.0 Å². The molecule has 1 aromatic carbocycles. The maximum atomic E-state index is 12.0. The molecule has 0 bridgehead atoms. The van der Waals surface area contributed by atoms with Crippen molar-refractivity contribution in [2.24, 2.45) is 0 Å². The van der Waals surface area contributed by atoms with Crippen LogP contribution in [0.3, 0.4) is 0 Å². The molecule has 2 N–H and O–H groups in total. The number of nitrogens with zero attached hydrogens (tertiary/aromatic N) is 1. The topological polar surface area (TPSA) is 78.9 Å². The number of ether oxygens (including phenoxy) is 1. The van der Waals surface area contributed by atoms with Crippen LogP contribution >= 0.6 is 0 Å². The Balaban J connectivity index is 2.14. The molecular weight excluding hydrogens is 284 g/mol. The summed E-state index contributed by atoms with van der Waals surface area (Å²) >= 11 is 0. The second-order valence-corrected chi connectivity index (χ2v) is 6.30. The zero-order chi connectivity index (χ0) is 16.3. The fraction of sp³-hybridized carbons (Fsp3) is 0.500. The number of carboxylic acid groups (broad SMARTS) is 1. The molecule has 2 rings (SSSR count). The van der Waals surface area contributed by atoms with Gasteiger partial charge in [-0.1, -0.05) is 0 Å². The van der Waals surface area contributed by atoms with Crippen LogP contribution in [-0.2, 0) is 9.53 Å². The van der Waals surface area contributed by atoms with Gasteiger partial charge in [0.25, 0.3) is 0 Å². The minimum Gasteiger partial charge on any atom is -0.480 e. The molecule has 0 spiro atoms. The van der Waals surface area contributed by atoms with E-state index in [-0.39, 0.29) is 5.97 Å². The molecule has 0 radical (unpaired) electrons. The standard InChI is InChI=1S/C16H22N2O4/c1-16(2,3)22-15(21)11-4-6-12(7-5-11)18-9-8-17-10-13(18)14(19)20/h4-7,13,17H,8-10H2,1-3H3,(H,19,20)/t13-/m0/s1. The number of carbonyl (C=O) groups excluding carboxylic acids is 1. The molecular formula is C16H22N2O4. The summed E-state index contributed by atoms with van der Waals surface area (Å²) in [5, 5.41) is 12.4. The number of esters is 1. The molecule has 0 aromatic heterocycles. The Morgan fingerprint density at radius 2 is 1.91 bits per heavy atom. The quantitative estimate of drug-likeness (QED) is 0.824. The van der Waals surface area contributed by atoms with E-state index in [9.17, 15) is 14.7 Å². The summed E-state index contributed by atoms with van der Waals surface area (Å²) in [6.45, 7) is 7.20. The maximum Gasteiger partial charge on any atom is 0.338 e. The van der Waals surface area contributed by atoms with E-state index >= 15 is 0 Å². The molecule has 1 atom stereocenters. The zero-order valence-electron chi connectivity index (χ0n) is 13.1. The molecule has 22 heavy (non-hydrogen) atoms. The molecule has 120 valence electrons. The largest absolute Gasteiger partial charge is 0.480 e. The number of carbonyl (C=O) groups is 2. The molecule has 1 aromatic rings. The number of benzene rings is 1. The lowest BCUT2D eigenvalue weighted by Crippen LogP contribution is -2.55. The van der Waals surface area contributed by atoms with E-state index in [0.29, 0.717) is 18.7 Å². The minimum absolute atomic E-state index is 0.380. The highest BCUT2D eigenvalue weighted by molar-refractivity contribution is 5.90. The summed E-state index contributed by atoms with van der Waals surface area (Å²) in [6, 6.07) is 6.27. The first-order valence-electron chi connectivity index (χ1n) is 7.31. The fourth-order valence-corrected chi connectivity index (χ4v) is 2.36. The average molecular weight is 306 g/mol. The summed E-state index contributed by atoms with van der Waals surface area (Å²) in [5.74, 6) is -1.24. The van der Waals surface area contributed by atoms with Gasteiger partial charge in [0.2, 0.25) is 0 Å². The maximum absolute atomic E-state index is 12.0. The van der Waals surface area contributed by atoms with Crippen LogP contribution in [0.4, 0.5) is 5.69 Å². The predicted octanol–water partition coefficient (Wildman–Crippen LogP) is 1.50. The van der Waals surface area contributed by atoms with E-state index in [1.165, 1.54) is 0 Å². The molecule has 1 saturated heterocycles. The lowest BCUT2D eigenvalue weighted by molar-refractivity contribution is -0.138. The van der Waals surface area contributed by atoms with Gasteiger partial charge in [0.1, 0.15) is 11.6 Å². The van der Waals surface area contributed by atoms with Gasteiger partial charge in [0.05, 0.1) is 5.56 Å². The number of hydrogen-bond donors (Lipinski definition) is 2. The van der Waals surface area contributed by atoms with E-state index in [1.54, 1.807) is 24.3 Å². The molecule has 0 amide bonds. The molecule has 0 unspecified atom stereocenters. The first-order valence-corrected chi connectivity index (χ1v) is 7.31. The smallest absolute Gasteiger partial charge is 0.338 e. The van der Waals surface area contributed by atoms with Crippen molar-refractivity contribution in [3.8, 4) is 0 Å². The Hall–Kier alpha value is -2.08. The highest BCUT2D eigenvalue weighted by atomic mass is 16.6. The lowest BCUT2D eigenvalue weighted by Gasteiger charge is -2.35. The monoisotopic (exact) mass is 306 g/mol. The summed E-state index contributed by atoms with van der Waals surface area (Å²) in [4.78, 5) is 25.1. The summed E-state index contributed by atoms with van der Waals surface area (Å²) in [7, 11) is 0. The van der Waals surface area contributed by atoms with Crippen molar-refractivity contribution < 1.29 is 19.4 Å². The van der Waals surface area contributed by atoms with Gasteiger partial charge < -0.3 is 20.1 Å². The number of rotatable bonds is 3. The number of nitrogens with one attached hydrogen (secondary N) is 1. The predicted molar refractivity (Wildman–Crippen MR) is 83.3 cm³/mol. The van der Waals surface area contributed by atoms with Crippen LogP contribution in [-0.4, -0.2) is 48.3 Å². The number of anilines is 1. The fourth-order valence-electron chi connectivity index (χ4n) is 2.36. The van der Waals surface area contributed by atoms with Gasteiger partial charge in [0, 0.05) is 25.3 Å². The molecule has 1 heterocycles. The Kier molecular flexibility index (Phi) is 4.71. The third kappa shape index (κ3) is 3.98. The third-order valence-electron chi connectivity index (χ3n) is 3.36. The van der Waals surface area contributed by atoms with Crippen LogP contribution < -0.4 is 10.2 Å². The Labute approximate surface area is 130 Å². The summed E-state index contributed by atoms with van der Waals surface area (Å²) in [5.41, 5.74) is 0.713. The zero-order valence-corrected chi connectivity index (χ0v) is 13.1. The third-order valence-corrected chi connectivity index (χ3v) is 3.36. The SMILES string of the molecule is CC(C)(C)OC(=O)c1ccc(N2CCNC[C@H]2C(=O)O)cc1. The average Bonchev–Trinajstić information content (AvgIpc) is 2.45. The van der Waals surface area contributed by atoms with E-state index in [2.05, 4.69) is 5.32 Å². The highest BCUT2D eigenvalue weighted by Gasteiger charge is 2.28. The number of carboxylic acids is 1. The van der Waals surface area contributed by atoms with Crippen LogP contribution in [0.15, 0.2) is 24.3 Å². The first-order chi connectivity index (χ1) is 10.3. The van der Waals surface area contributed by atoms with Crippen molar-refractivity contribution in [1.29, 1.82) is 0 Å². The van der Waals surface area contributed by atoms with Gasteiger partial charge in [-0.2, -0.15) is 0 Å². The number of piperazine rings is 1. The molecule has 0 saturated carbocycles. The van der Waals surface area contributed by atoms with Crippen molar-refractivity contribution in [2.45, 2.75) is 32.4 Å². The van der Waals surface area contributed by atoms with Crippen molar-refractivity contribution in [2.75, 3.05) is 24.5 Å². The summed E-state index contributed by atoms with van der Waals surface area (Å²) < 4.78 is 5.31. The van der Waals surface area contributed by atoms with Gasteiger partial charge in [-0.3, -0.25) is 0 Å². The van der Waals surface area contributed by atoms with Gasteiger partial charge in [-0.15, -0.1) is 0 Å². The second-order valence-electron chi connectivity index (χ2n) is 6.30. The molecule has 0 aliphatic carbocycles. The minimum atomic E-state index is -0.858. The van der Waals surface area contributed by atoms with E-state index in [4.69, 9.17) is 4.74 Å². The van der Waals surface area contributed by atoms with Crippen LogP contribution in [0.1, 0.15) is 31.1 Å². The van der Waals surface area contributed by atoms with Gasteiger partial charge in [0.15, 0.2) is 0 Å². The van der Waals surface area contributed by atoms with Crippen LogP contribution in [0.25, 0.3) is 0 Å². The van der Waals surface area contributed by atoms with Crippen molar-refractivity contribution in [3.05, 3.63) is 29.8 Å². The molecule has 1 aliphatic rings. The van der Waals surface area contributed by atoms with Crippen LogP contribution in [0.5, 0.6) is 0 Å². The van der Waals surface area contributed by atoms with Crippen molar-refractivity contribution in [1.82, 2.24) is 5.32 Å². The molecule has 1 aliphatic heterocycles. The second kappa shape index (κ2) is 6.36. The molecule has 6 heteroatoms. The number of hydrogen-bond acceptors (Lipinski definition) is 5. The van der Waals surface area contributed by atoms with E-state index in [0.717, 1.165) is 12.2 Å². The van der Waals surface area contributed by atoms with Crippen LogP contribution in [0, 0.1) is 0 Å². The lowest BCUT2D eigenvalue weighted by atomic mass is 10.1. The van der Waals surface area contributed by atoms with E-state index in [1.807, 2.05) is 25.7 Å². The highest BCUT2D eigenvalue weighted by Crippen LogP contribution is 2.20. The number of aliphatic carboxylic acids is 1. The normalized spacial score (nSPS) is 18.9. The molecule has 1 fully saturated rings. The molecule has 6 nitrogen and oxygen atoms in total. The van der Waals surface area contributed by atoms with Crippen molar-refractivity contribution in [3.63, 3.8) is 0 Å². The Bertz CT molecular complexity index is 548. The van der Waals surface area contributed by atoms with Crippen LogP contribution in [0.2, 0.25) is 0 Å². The van der Waals surface area contributed by atoms with Gasteiger partial charge in [-0.25, -0.2) is 9.59 Å². The van der Waals surface area contributed by atoms with E-state index < -0.39 is 17.6 Å².